The normalized spacial score (nSPS) is 22.5. The van der Waals surface area contributed by atoms with Crippen molar-refractivity contribution in [3.8, 4) is 11.1 Å². The Kier molecular flexibility index (Phi) is 5.07. The zero-order valence-electron chi connectivity index (χ0n) is 18.6. The number of likely N-dealkylation sites (tertiary alicyclic amines) is 1. The molecule has 1 aromatic heterocycles. The van der Waals surface area contributed by atoms with Gasteiger partial charge >= 0.3 is 5.97 Å². The van der Waals surface area contributed by atoms with Gasteiger partial charge in [0.2, 0.25) is 5.60 Å². The molecule has 0 saturated carbocycles. The van der Waals surface area contributed by atoms with Crippen molar-refractivity contribution in [2.45, 2.75) is 25.0 Å². The van der Waals surface area contributed by atoms with Crippen LogP contribution in [0.15, 0.2) is 59.1 Å². The number of ether oxygens (including phenoxy) is 1. The molecule has 2 heterocycles. The SMILES string of the molecule is Cc1cc(NC(=O)C[N@+]2(C)CCC(OC(=O)C3(O)c4ccccc4-c4ccccc43)C2)no1. The Hall–Kier alpha value is -3.49. The molecule has 8 heteroatoms. The third-order valence-electron chi connectivity index (χ3n) is 6.55. The lowest BCUT2D eigenvalue weighted by Crippen LogP contribution is -2.48. The Balaban J connectivity index is 1.29. The number of rotatable bonds is 5. The molecule has 8 nitrogen and oxygen atoms in total. The first-order valence-corrected chi connectivity index (χ1v) is 11.0. The fourth-order valence-corrected chi connectivity index (χ4v) is 4.99. The number of benzene rings is 2. The third-order valence-corrected chi connectivity index (χ3v) is 6.55. The topological polar surface area (TPSA) is 102 Å². The molecule has 33 heavy (non-hydrogen) atoms. The molecule has 1 aliphatic carbocycles. The molecule has 2 N–H and O–H groups in total. The van der Waals surface area contributed by atoms with Crippen molar-refractivity contribution in [2.24, 2.45) is 0 Å². The summed E-state index contributed by atoms with van der Waals surface area (Å²) in [5.41, 5.74) is 0.891. The molecule has 1 amide bonds. The Morgan fingerprint density at radius 1 is 1.18 bits per heavy atom. The lowest BCUT2D eigenvalue weighted by atomic mass is 9.91. The van der Waals surface area contributed by atoms with Gasteiger partial charge in [-0.05, 0) is 18.1 Å². The minimum absolute atomic E-state index is 0.185. The standard InChI is InChI=1S/C25H25N3O5/c1-16-13-22(27-33-16)26-23(29)15-28(2)12-11-17(14-28)32-24(30)25(31)20-9-5-3-7-18(20)19-8-4-6-10-21(19)25/h3-10,13,17,31H,11-12,14-15H2,1-2H3/p+1/t17?,28-/m1/s1. The molecule has 0 spiro atoms. The van der Waals surface area contributed by atoms with Crippen molar-refractivity contribution in [3.05, 3.63) is 71.5 Å². The zero-order chi connectivity index (χ0) is 23.2. The van der Waals surface area contributed by atoms with E-state index >= 15 is 0 Å². The summed E-state index contributed by atoms with van der Waals surface area (Å²) in [6.45, 7) is 3.13. The number of likely N-dealkylation sites (N-methyl/N-ethyl adjacent to an activating group) is 1. The maximum Gasteiger partial charge on any atom is 0.348 e. The van der Waals surface area contributed by atoms with Crippen LogP contribution in [0.1, 0.15) is 23.3 Å². The van der Waals surface area contributed by atoms with Crippen LogP contribution in [-0.2, 0) is 19.9 Å². The number of hydrogen-bond donors (Lipinski definition) is 2. The first-order valence-electron chi connectivity index (χ1n) is 11.0. The summed E-state index contributed by atoms with van der Waals surface area (Å²) in [5, 5.41) is 18.1. The van der Waals surface area contributed by atoms with Crippen LogP contribution in [0, 0.1) is 6.92 Å². The Morgan fingerprint density at radius 2 is 1.82 bits per heavy atom. The summed E-state index contributed by atoms with van der Waals surface area (Å²) in [7, 11) is 1.95. The van der Waals surface area contributed by atoms with Crippen LogP contribution >= 0.6 is 0 Å². The number of nitrogens with one attached hydrogen (secondary N) is 1. The van der Waals surface area contributed by atoms with E-state index in [1.807, 2.05) is 43.4 Å². The van der Waals surface area contributed by atoms with Gasteiger partial charge in [-0.1, -0.05) is 53.7 Å². The second kappa shape index (κ2) is 7.83. The van der Waals surface area contributed by atoms with Gasteiger partial charge in [0, 0.05) is 23.6 Å². The van der Waals surface area contributed by atoms with Gasteiger partial charge in [0.25, 0.3) is 5.91 Å². The van der Waals surface area contributed by atoms with Crippen LogP contribution in [0.25, 0.3) is 11.1 Å². The molecule has 1 fully saturated rings. The fourth-order valence-electron chi connectivity index (χ4n) is 4.99. The van der Waals surface area contributed by atoms with Crippen molar-refractivity contribution in [3.63, 3.8) is 0 Å². The van der Waals surface area contributed by atoms with Crippen LogP contribution in [0.2, 0.25) is 0 Å². The summed E-state index contributed by atoms with van der Waals surface area (Å²) < 4.78 is 11.2. The summed E-state index contributed by atoms with van der Waals surface area (Å²) in [5.74, 6) is 0.134. The van der Waals surface area contributed by atoms with E-state index in [1.54, 1.807) is 25.1 Å². The van der Waals surface area contributed by atoms with Gasteiger partial charge < -0.3 is 24.2 Å². The number of amides is 1. The Bertz CT molecular complexity index is 1190. The molecule has 2 aliphatic rings. The maximum absolute atomic E-state index is 13.3. The summed E-state index contributed by atoms with van der Waals surface area (Å²) in [4.78, 5) is 25.8. The first-order chi connectivity index (χ1) is 15.8. The smallest absolute Gasteiger partial charge is 0.348 e. The summed E-state index contributed by atoms with van der Waals surface area (Å²) in [6, 6.07) is 16.4. The van der Waals surface area contributed by atoms with Gasteiger partial charge in [-0.25, -0.2) is 4.79 Å². The van der Waals surface area contributed by atoms with Crippen molar-refractivity contribution in [2.75, 3.05) is 32.0 Å². The quantitative estimate of drug-likeness (QED) is 0.460. The fraction of sp³-hybridized carbons (Fsp3) is 0.320. The molecule has 0 radical (unpaired) electrons. The molecule has 1 unspecified atom stereocenters. The van der Waals surface area contributed by atoms with Crippen LogP contribution in [0.5, 0.6) is 0 Å². The van der Waals surface area contributed by atoms with Gasteiger partial charge in [-0.15, -0.1) is 0 Å². The lowest BCUT2D eigenvalue weighted by Gasteiger charge is -2.29. The highest BCUT2D eigenvalue weighted by molar-refractivity contribution is 5.96. The largest absolute Gasteiger partial charge is 0.453 e. The number of fused-ring (bicyclic) bond motifs is 3. The number of aliphatic hydroxyl groups is 1. The van der Waals surface area contributed by atoms with Gasteiger partial charge in [0.05, 0.1) is 13.6 Å². The number of esters is 1. The predicted molar refractivity (Wildman–Crippen MR) is 120 cm³/mol. The van der Waals surface area contributed by atoms with Crippen LogP contribution in [0.3, 0.4) is 0 Å². The van der Waals surface area contributed by atoms with Crippen LogP contribution in [-0.4, -0.2) is 59.4 Å². The number of carbonyl (C=O) groups excluding carboxylic acids is 2. The summed E-state index contributed by atoms with van der Waals surface area (Å²) >= 11 is 0. The number of nitrogens with zero attached hydrogens (tertiary/aromatic N) is 2. The van der Waals surface area contributed by atoms with E-state index < -0.39 is 17.7 Å². The first kappa shape index (κ1) is 21.4. The molecular formula is C25H26N3O5+. The van der Waals surface area contributed by atoms with Crippen LogP contribution in [0.4, 0.5) is 5.82 Å². The third kappa shape index (κ3) is 3.71. The zero-order valence-corrected chi connectivity index (χ0v) is 18.6. The molecule has 170 valence electrons. The second-order valence-electron chi connectivity index (χ2n) is 9.17. The van der Waals surface area contributed by atoms with E-state index in [-0.39, 0.29) is 12.5 Å². The maximum atomic E-state index is 13.3. The minimum atomic E-state index is -1.85. The molecule has 2 atom stereocenters. The van der Waals surface area contributed by atoms with Gasteiger partial charge in [-0.3, -0.25) is 4.79 Å². The average molecular weight is 448 g/mol. The number of quaternary nitrogens is 1. The number of anilines is 1. The number of aryl methyl sites for hydroxylation is 1. The molecule has 3 aromatic rings. The van der Waals surface area contributed by atoms with Crippen molar-refractivity contribution >= 4 is 17.7 Å². The van der Waals surface area contributed by atoms with Gasteiger partial charge in [-0.2, -0.15) is 0 Å². The minimum Gasteiger partial charge on any atom is -0.453 e. The Morgan fingerprint density at radius 3 is 2.42 bits per heavy atom. The van der Waals surface area contributed by atoms with Crippen molar-refractivity contribution in [1.29, 1.82) is 0 Å². The van der Waals surface area contributed by atoms with E-state index in [4.69, 9.17) is 9.26 Å². The van der Waals surface area contributed by atoms with E-state index in [2.05, 4.69) is 10.5 Å². The van der Waals surface area contributed by atoms with Gasteiger partial charge in [0.1, 0.15) is 12.3 Å². The van der Waals surface area contributed by atoms with E-state index in [1.165, 1.54) is 0 Å². The molecule has 0 bridgehead atoms. The molecule has 1 saturated heterocycles. The highest BCUT2D eigenvalue weighted by atomic mass is 16.6. The monoisotopic (exact) mass is 448 g/mol. The van der Waals surface area contributed by atoms with Crippen molar-refractivity contribution < 1.29 is 28.4 Å². The molecule has 2 aromatic carbocycles. The van der Waals surface area contributed by atoms with E-state index in [0.29, 0.717) is 46.7 Å². The molecule has 1 aliphatic heterocycles. The average Bonchev–Trinajstić information content (AvgIpc) is 3.44. The number of aromatic nitrogens is 1. The number of hydrogen-bond acceptors (Lipinski definition) is 6. The predicted octanol–water partition coefficient (Wildman–Crippen LogP) is 2.60. The number of carbonyl (C=O) groups is 2. The van der Waals surface area contributed by atoms with Crippen LogP contribution < -0.4 is 5.32 Å². The summed E-state index contributed by atoms with van der Waals surface area (Å²) in [6.07, 6.45) is 0.214. The Labute approximate surface area is 191 Å². The highest BCUT2D eigenvalue weighted by Crippen LogP contribution is 2.48. The highest BCUT2D eigenvalue weighted by Gasteiger charge is 2.51. The molecular weight excluding hydrogens is 422 g/mol. The van der Waals surface area contributed by atoms with E-state index in [9.17, 15) is 14.7 Å². The van der Waals surface area contributed by atoms with Gasteiger partial charge in [0.15, 0.2) is 18.5 Å². The second-order valence-corrected chi connectivity index (χ2v) is 9.17. The van der Waals surface area contributed by atoms with E-state index in [0.717, 1.165) is 11.1 Å². The van der Waals surface area contributed by atoms with Crippen molar-refractivity contribution in [1.82, 2.24) is 5.16 Å². The molecule has 5 rings (SSSR count). The lowest BCUT2D eigenvalue weighted by molar-refractivity contribution is -0.890.